The van der Waals surface area contributed by atoms with E-state index in [-0.39, 0.29) is 0 Å². The number of para-hydroxylation sites is 1. The Kier molecular flexibility index (Phi) is 3.36. The second kappa shape index (κ2) is 4.58. The number of nitrogens with one attached hydrogen (secondary N) is 1. The topological polar surface area (TPSA) is 29.1 Å². The van der Waals surface area contributed by atoms with Gasteiger partial charge in [0.15, 0.2) is 11.0 Å². The minimum Gasteiger partial charge on any atom is -0.295 e. The van der Waals surface area contributed by atoms with Gasteiger partial charge in [-0.15, -0.1) is 0 Å². The summed E-state index contributed by atoms with van der Waals surface area (Å²) in [4.78, 5) is 0. The van der Waals surface area contributed by atoms with Gasteiger partial charge in [-0.3, -0.25) is 4.72 Å². The van der Waals surface area contributed by atoms with Crippen molar-refractivity contribution >= 4 is 16.7 Å². The van der Waals surface area contributed by atoms with Crippen LogP contribution in [0, 0.1) is 11.2 Å². The molecule has 0 aliphatic rings. The van der Waals surface area contributed by atoms with Crippen LogP contribution in [-0.2, 0) is 11.0 Å². The summed E-state index contributed by atoms with van der Waals surface area (Å²) in [6.45, 7) is 1.66. The first-order chi connectivity index (χ1) is 5.83. The summed E-state index contributed by atoms with van der Waals surface area (Å²) in [5, 5.41) is 2.51. The molecule has 1 rings (SSSR count). The smallest absolute Gasteiger partial charge is 0.196 e. The van der Waals surface area contributed by atoms with Gasteiger partial charge in [0.2, 0.25) is 0 Å². The molecule has 1 N–H and O–H groups in total. The van der Waals surface area contributed by atoms with Gasteiger partial charge in [0, 0.05) is 10.9 Å². The molecule has 1 aromatic rings. The van der Waals surface area contributed by atoms with E-state index in [2.05, 4.69) is 15.9 Å². The highest BCUT2D eigenvalue weighted by Gasteiger charge is 1.92. The first-order valence-electron chi connectivity index (χ1n) is 3.49. The van der Waals surface area contributed by atoms with E-state index < -0.39 is 11.0 Å². The lowest BCUT2D eigenvalue weighted by Gasteiger charge is -1.98. The van der Waals surface area contributed by atoms with Crippen molar-refractivity contribution < 1.29 is 4.21 Å². The van der Waals surface area contributed by atoms with Crippen molar-refractivity contribution in [1.82, 2.24) is 0 Å². The molecule has 0 aliphatic carbocycles. The van der Waals surface area contributed by atoms with E-state index in [0.29, 0.717) is 0 Å². The predicted molar refractivity (Wildman–Crippen MR) is 51.7 cm³/mol. The van der Waals surface area contributed by atoms with Crippen molar-refractivity contribution in [2.45, 2.75) is 6.92 Å². The summed E-state index contributed by atoms with van der Waals surface area (Å²) in [6, 6.07) is 9.34. The SMILES string of the molecule is CC#C[S@](=O)Nc1ccccc1. The lowest BCUT2D eigenvalue weighted by Crippen LogP contribution is -2.00. The Balaban J connectivity index is 2.63. The molecule has 62 valence electrons. The molecule has 12 heavy (non-hydrogen) atoms. The van der Waals surface area contributed by atoms with Gasteiger partial charge < -0.3 is 0 Å². The molecule has 0 saturated heterocycles. The third-order valence-electron chi connectivity index (χ3n) is 1.18. The van der Waals surface area contributed by atoms with E-state index in [4.69, 9.17) is 0 Å². The maximum Gasteiger partial charge on any atom is 0.196 e. The van der Waals surface area contributed by atoms with Crippen LogP contribution in [-0.4, -0.2) is 4.21 Å². The van der Waals surface area contributed by atoms with Gasteiger partial charge in [-0.1, -0.05) is 24.1 Å². The number of benzene rings is 1. The lowest BCUT2D eigenvalue weighted by molar-refractivity contribution is 0.692. The van der Waals surface area contributed by atoms with E-state index in [9.17, 15) is 4.21 Å². The Morgan fingerprint density at radius 1 is 1.33 bits per heavy atom. The Morgan fingerprint density at radius 3 is 2.58 bits per heavy atom. The summed E-state index contributed by atoms with van der Waals surface area (Å²) >= 11 is 0. The van der Waals surface area contributed by atoms with Crippen molar-refractivity contribution in [2.75, 3.05) is 4.72 Å². The van der Waals surface area contributed by atoms with E-state index in [1.165, 1.54) is 0 Å². The van der Waals surface area contributed by atoms with Crippen molar-refractivity contribution in [3.05, 3.63) is 30.3 Å². The normalized spacial score (nSPS) is 11.1. The van der Waals surface area contributed by atoms with Gasteiger partial charge in [0.1, 0.15) is 0 Å². The Hall–Kier alpha value is -1.27. The molecule has 0 radical (unpaired) electrons. The second-order valence-corrected chi connectivity index (χ2v) is 3.03. The predicted octanol–water partition coefficient (Wildman–Crippen LogP) is 1.74. The fourth-order valence-electron chi connectivity index (χ4n) is 0.731. The molecule has 0 unspecified atom stereocenters. The zero-order valence-electron chi connectivity index (χ0n) is 6.70. The summed E-state index contributed by atoms with van der Waals surface area (Å²) < 4.78 is 13.8. The van der Waals surface area contributed by atoms with Gasteiger partial charge in [0.05, 0.1) is 0 Å². The standard InChI is InChI=1S/C9H9NOS/c1-2-8-12(11)10-9-6-4-3-5-7-9/h3-7,10H,1H3/t12-/m0/s1. The third-order valence-corrected chi connectivity index (χ3v) is 1.99. The van der Waals surface area contributed by atoms with Crippen LogP contribution < -0.4 is 4.72 Å². The van der Waals surface area contributed by atoms with E-state index in [0.717, 1.165) is 5.69 Å². The van der Waals surface area contributed by atoms with Crippen molar-refractivity contribution in [2.24, 2.45) is 0 Å². The van der Waals surface area contributed by atoms with Gasteiger partial charge in [-0.2, -0.15) is 0 Å². The first kappa shape index (κ1) is 8.82. The average Bonchev–Trinajstić information content (AvgIpc) is 2.06. The summed E-state index contributed by atoms with van der Waals surface area (Å²) in [7, 11) is -1.28. The van der Waals surface area contributed by atoms with Crippen LogP contribution in [0.1, 0.15) is 6.92 Å². The average molecular weight is 179 g/mol. The molecule has 2 nitrogen and oxygen atoms in total. The van der Waals surface area contributed by atoms with Crippen LogP contribution >= 0.6 is 0 Å². The molecular weight excluding hydrogens is 170 g/mol. The highest BCUT2D eigenvalue weighted by atomic mass is 32.2. The van der Waals surface area contributed by atoms with Crippen LogP contribution in [0.4, 0.5) is 5.69 Å². The molecule has 0 bridgehead atoms. The zero-order chi connectivity index (χ0) is 8.81. The van der Waals surface area contributed by atoms with Crippen LogP contribution in [0.3, 0.4) is 0 Å². The molecule has 1 aromatic carbocycles. The number of hydrogen-bond acceptors (Lipinski definition) is 1. The quantitative estimate of drug-likeness (QED) is 0.688. The van der Waals surface area contributed by atoms with Gasteiger partial charge in [-0.25, -0.2) is 4.21 Å². The van der Waals surface area contributed by atoms with Crippen molar-refractivity contribution in [3.8, 4) is 11.2 Å². The van der Waals surface area contributed by atoms with Crippen molar-refractivity contribution in [1.29, 1.82) is 0 Å². The largest absolute Gasteiger partial charge is 0.295 e. The Labute approximate surface area is 74.6 Å². The fourth-order valence-corrected chi connectivity index (χ4v) is 1.32. The van der Waals surface area contributed by atoms with Crippen LogP contribution in [0.15, 0.2) is 30.3 Å². The van der Waals surface area contributed by atoms with Gasteiger partial charge in [0.25, 0.3) is 0 Å². The minimum absolute atomic E-state index is 0.818. The molecule has 0 aromatic heterocycles. The maximum atomic E-state index is 11.0. The Morgan fingerprint density at radius 2 is 2.00 bits per heavy atom. The summed E-state index contributed by atoms with van der Waals surface area (Å²) in [5.41, 5.74) is 0.818. The third kappa shape index (κ3) is 2.77. The van der Waals surface area contributed by atoms with Gasteiger partial charge in [-0.05, 0) is 19.1 Å². The molecule has 0 aliphatic heterocycles. The van der Waals surface area contributed by atoms with Gasteiger partial charge >= 0.3 is 0 Å². The summed E-state index contributed by atoms with van der Waals surface area (Å²) in [5.74, 6) is 2.58. The lowest BCUT2D eigenvalue weighted by atomic mass is 10.3. The van der Waals surface area contributed by atoms with Crippen LogP contribution in [0.2, 0.25) is 0 Å². The van der Waals surface area contributed by atoms with E-state index in [1.807, 2.05) is 30.3 Å². The number of anilines is 1. The molecule has 0 saturated carbocycles. The summed E-state index contributed by atoms with van der Waals surface area (Å²) in [6.07, 6.45) is 0. The zero-order valence-corrected chi connectivity index (χ0v) is 7.52. The molecule has 3 heteroatoms. The molecule has 0 spiro atoms. The maximum absolute atomic E-state index is 11.0. The van der Waals surface area contributed by atoms with Crippen molar-refractivity contribution in [3.63, 3.8) is 0 Å². The molecular formula is C9H9NOS. The molecule has 1 atom stereocenters. The van der Waals surface area contributed by atoms with E-state index in [1.54, 1.807) is 6.92 Å². The molecule has 0 fully saturated rings. The monoisotopic (exact) mass is 179 g/mol. The van der Waals surface area contributed by atoms with E-state index >= 15 is 0 Å². The first-order valence-corrected chi connectivity index (χ1v) is 4.64. The number of rotatable bonds is 2. The highest BCUT2D eigenvalue weighted by molar-refractivity contribution is 7.91. The molecule has 0 heterocycles. The minimum atomic E-state index is -1.28. The van der Waals surface area contributed by atoms with Crippen LogP contribution in [0.25, 0.3) is 0 Å². The Bertz CT molecular complexity index is 323. The fraction of sp³-hybridized carbons (Fsp3) is 0.111. The molecule has 0 amide bonds. The number of hydrogen-bond donors (Lipinski definition) is 1. The second-order valence-electron chi connectivity index (χ2n) is 2.09. The highest BCUT2D eigenvalue weighted by Crippen LogP contribution is 2.05. The van der Waals surface area contributed by atoms with Crippen LogP contribution in [0.5, 0.6) is 0 Å².